The van der Waals surface area contributed by atoms with Crippen molar-refractivity contribution in [3.8, 4) is 11.3 Å². The van der Waals surface area contributed by atoms with E-state index in [-0.39, 0.29) is 0 Å². The van der Waals surface area contributed by atoms with Crippen LogP contribution in [0.15, 0.2) is 42.5 Å². The van der Waals surface area contributed by atoms with Crippen LogP contribution in [0.4, 0.5) is 0 Å². The number of rotatable bonds is 3. The predicted molar refractivity (Wildman–Crippen MR) is 103 cm³/mol. The Labute approximate surface area is 146 Å². The van der Waals surface area contributed by atoms with Gasteiger partial charge in [0.2, 0.25) is 11.2 Å². The van der Waals surface area contributed by atoms with Crippen LogP contribution in [0.25, 0.3) is 22.2 Å². The van der Waals surface area contributed by atoms with E-state index in [4.69, 9.17) is 0 Å². The largest absolute Gasteiger partial charge is 0.213 e. The number of benzene rings is 2. The van der Waals surface area contributed by atoms with Gasteiger partial charge in [-0.1, -0.05) is 37.6 Å². The van der Waals surface area contributed by atoms with Crippen LogP contribution in [0.5, 0.6) is 0 Å². The Morgan fingerprint density at radius 1 is 0.958 bits per heavy atom. The summed E-state index contributed by atoms with van der Waals surface area (Å²) in [6, 6.07) is 15.8. The van der Waals surface area contributed by atoms with Crippen LogP contribution in [0.3, 0.4) is 0 Å². The monoisotopic (exact) mass is 318 g/mol. The van der Waals surface area contributed by atoms with Gasteiger partial charge in [-0.15, -0.1) is 0 Å². The molecule has 1 nitrogen and oxygen atoms in total. The quantitative estimate of drug-likeness (QED) is 0.565. The highest BCUT2D eigenvalue weighted by Gasteiger charge is 2.20. The molecule has 0 unspecified atom stereocenters. The molecule has 0 amide bonds. The van der Waals surface area contributed by atoms with Crippen molar-refractivity contribution < 1.29 is 4.57 Å². The molecule has 3 rings (SSSR count). The van der Waals surface area contributed by atoms with Gasteiger partial charge in [0.05, 0.1) is 0 Å². The van der Waals surface area contributed by atoms with Crippen molar-refractivity contribution in [2.75, 3.05) is 0 Å². The Morgan fingerprint density at radius 3 is 2.38 bits per heavy atom. The number of aryl methyl sites for hydroxylation is 3. The molecule has 2 aromatic carbocycles. The molecule has 0 N–H and O–H groups in total. The molecule has 124 valence electrons. The van der Waals surface area contributed by atoms with Crippen LogP contribution in [-0.4, -0.2) is 0 Å². The van der Waals surface area contributed by atoms with Gasteiger partial charge in [-0.3, -0.25) is 0 Å². The topological polar surface area (TPSA) is 3.88 Å². The maximum absolute atomic E-state index is 2.41. The van der Waals surface area contributed by atoms with Crippen LogP contribution in [-0.2, 0) is 13.5 Å². The first-order chi connectivity index (χ1) is 11.4. The zero-order valence-corrected chi connectivity index (χ0v) is 15.8. The number of pyridine rings is 1. The fraction of sp³-hybridized carbons (Fsp3) is 0.348. The molecule has 24 heavy (non-hydrogen) atoms. The minimum Gasteiger partial charge on any atom is -0.194 e. The smallest absolute Gasteiger partial charge is 0.194 e. The van der Waals surface area contributed by atoms with Crippen LogP contribution in [0.2, 0.25) is 0 Å². The first kappa shape index (κ1) is 16.7. The van der Waals surface area contributed by atoms with Crippen LogP contribution < -0.4 is 4.57 Å². The fourth-order valence-electron chi connectivity index (χ4n) is 3.68. The first-order valence-corrected chi connectivity index (χ1v) is 8.87. The highest BCUT2D eigenvalue weighted by molar-refractivity contribution is 5.82. The maximum atomic E-state index is 2.41. The second-order valence-corrected chi connectivity index (χ2v) is 7.48. The summed E-state index contributed by atoms with van der Waals surface area (Å²) < 4.78 is 2.35. The van der Waals surface area contributed by atoms with E-state index >= 15 is 0 Å². The second kappa shape index (κ2) is 6.39. The van der Waals surface area contributed by atoms with Crippen molar-refractivity contribution in [1.29, 1.82) is 0 Å². The summed E-state index contributed by atoms with van der Waals surface area (Å²) in [6.07, 6.45) is 1.11. The van der Waals surface area contributed by atoms with Crippen molar-refractivity contribution in [3.63, 3.8) is 0 Å². The zero-order valence-electron chi connectivity index (χ0n) is 15.8. The van der Waals surface area contributed by atoms with Gasteiger partial charge < -0.3 is 0 Å². The third kappa shape index (κ3) is 2.96. The molecule has 0 radical (unpaired) electrons. The molecule has 0 saturated carbocycles. The molecule has 3 aromatic rings. The summed E-state index contributed by atoms with van der Waals surface area (Å²) in [5.41, 5.74) is 9.49. The zero-order chi connectivity index (χ0) is 17.4. The van der Waals surface area contributed by atoms with Crippen molar-refractivity contribution in [2.45, 2.75) is 41.0 Å². The summed E-state index contributed by atoms with van der Waals surface area (Å²) in [4.78, 5) is 0. The Balaban J connectivity index is 2.35. The molecule has 0 spiro atoms. The van der Waals surface area contributed by atoms with E-state index in [1.54, 1.807) is 0 Å². The van der Waals surface area contributed by atoms with Crippen molar-refractivity contribution in [3.05, 3.63) is 64.7 Å². The highest BCUT2D eigenvalue weighted by atomic mass is 14.9. The summed E-state index contributed by atoms with van der Waals surface area (Å²) in [7, 11) is 2.19. The Kier molecular flexibility index (Phi) is 4.45. The number of para-hydroxylation sites is 1. The summed E-state index contributed by atoms with van der Waals surface area (Å²) in [5.74, 6) is 0.648. The van der Waals surface area contributed by atoms with Crippen LogP contribution in [0, 0.1) is 26.7 Å². The molecule has 0 fully saturated rings. The van der Waals surface area contributed by atoms with Crippen molar-refractivity contribution in [1.82, 2.24) is 0 Å². The first-order valence-electron chi connectivity index (χ1n) is 8.87. The maximum Gasteiger partial charge on any atom is 0.213 e. The summed E-state index contributed by atoms with van der Waals surface area (Å²) in [6.45, 7) is 11.2. The standard InChI is InChI=1S/C23H28N/c1-15(2)11-19-14-23(21-13-16(3)12-17(4)18(21)5)24(6)22-10-8-7-9-20(19)22/h7-10,12-15H,11H2,1-6H3/q+1. The minimum atomic E-state index is 0.648. The van der Waals surface area contributed by atoms with Gasteiger partial charge >= 0.3 is 0 Å². The number of hydrogen-bond donors (Lipinski definition) is 0. The van der Waals surface area contributed by atoms with Crippen molar-refractivity contribution >= 4 is 10.9 Å². The normalized spacial score (nSPS) is 11.5. The number of fused-ring (bicyclic) bond motifs is 1. The van der Waals surface area contributed by atoms with Gasteiger partial charge in [-0.25, -0.2) is 0 Å². The molecule has 0 saturated heterocycles. The Hall–Kier alpha value is -2.15. The van der Waals surface area contributed by atoms with Crippen LogP contribution in [0.1, 0.15) is 36.1 Å². The van der Waals surface area contributed by atoms with Gasteiger partial charge in [-0.05, 0) is 61.9 Å². The average molecular weight is 318 g/mol. The van der Waals surface area contributed by atoms with Gasteiger partial charge in [0.25, 0.3) is 0 Å². The average Bonchev–Trinajstić information content (AvgIpc) is 2.53. The lowest BCUT2D eigenvalue weighted by molar-refractivity contribution is -0.633. The molecule has 0 atom stereocenters. The molecule has 0 aliphatic heterocycles. The molecule has 1 heterocycles. The summed E-state index contributed by atoms with van der Waals surface area (Å²) >= 11 is 0. The lowest BCUT2D eigenvalue weighted by Crippen LogP contribution is -2.33. The molecule has 0 bridgehead atoms. The molecular weight excluding hydrogens is 290 g/mol. The van der Waals surface area contributed by atoms with E-state index in [9.17, 15) is 0 Å². The highest BCUT2D eigenvalue weighted by Crippen LogP contribution is 2.29. The van der Waals surface area contributed by atoms with E-state index in [0.29, 0.717) is 5.92 Å². The number of aromatic nitrogens is 1. The van der Waals surface area contributed by atoms with Crippen molar-refractivity contribution in [2.24, 2.45) is 13.0 Å². The lowest BCUT2D eigenvalue weighted by atomic mass is 9.93. The number of hydrogen-bond acceptors (Lipinski definition) is 0. The predicted octanol–water partition coefficient (Wildman–Crippen LogP) is 5.46. The second-order valence-electron chi connectivity index (χ2n) is 7.48. The van der Waals surface area contributed by atoms with Gasteiger partial charge in [0, 0.05) is 23.1 Å². The van der Waals surface area contributed by atoms with Gasteiger partial charge in [0.15, 0.2) is 0 Å². The molecular formula is C23H28N+. The molecule has 0 aliphatic carbocycles. The molecule has 0 aliphatic rings. The van der Waals surface area contributed by atoms with Crippen LogP contribution >= 0.6 is 0 Å². The molecule has 1 heteroatoms. The van der Waals surface area contributed by atoms with E-state index < -0.39 is 0 Å². The SMILES string of the molecule is Cc1cc(C)c(C)c(-c2cc(CC(C)C)c3ccccc3[n+]2C)c1. The van der Waals surface area contributed by atoms with Gasteiger partial charge in [-0.2, -0.15) is 4.57 Å². The lowest BCUT2D eigenvalue weighted by Gasteiger charge is -2.14. The van der Waals surface area contributed by atoms with E-state index in [0.717, 1.165) is 6.42 Å². The van der Waals surface area contributed by atoms with Gasteiger partial charge in [0.1, 0.15) is 7.05 Å². The Morgan fingerprint density at radius 2 is 1.67 bits per heavy atom. The third-order valence-corrected chi connectivity index (χ3v) is 5.00. The van der Waals surface area contributed by atoms with E-state index in [1.807, 2.05) is 0 Å². The number of nitrogens with zero attached hydrogens (tertiary/aromatic N) is 1. The third-order valence-electron chi connectivity index (χ3n) is 5.00. The van der Waals surface area contributed by atoms with E-state index in [2.05, 4.69) is 88.7 Å². The summed E-state index contributed by atoms with van der Waals surface area (Å²) in [5, 5.41) is 1.37. The van der Waals surface area contributed by atoms with E-state index in [1.165, 1.54) is 44.4 Å². The Bertz CT molecular complexity index is 904. The molecule has 1 aromatic heterocycles. The minimum absolute atomic E-state index is 0.648. The fourth-order valence-corrected chi connectivity index (χ4v) is 3.68.